The van der Waals surface area contributed by atoms with Crippen LogP contribution in [0.15, 0.2) is 6.33 Å². The molecule has 2 rings (SSSR count). The van der Waals surface area contributed by atoms with Gasteiger partial charge in [0.05, 0.1) is 6.54 Å². The lowest BCUT2D eigenvalue weighted by Crippen LogP contribution is -2.10. The fourth-order valence-corrected chi connectivity index (χ4v) is 1.14. The Bertz CT molecular complexity index is 238. The molecule has 1 saturated carbocycles. The van der Waals surface area contributed by atoms with Crippen LogP contribution in [0.25, 0.3) is 0 Å². The Labute approximate surface area is 65.4 Å². The van der Waals surface area contributed by atoms with Crippen LogP contribution >= 0.6 is 0 Å². The minimum atomic E-state index is 0.493. The lowest BCUT2D eigenvalue weighted by atomic mass is 10.4. The zero-order valence-electron chi connectivity index (χ0n) is 6.40. The molecule has 1 heterocycles. The maximum absolute atomic E-state index is 5.47. The first kappa shape index (κ1) is 6.79. The van der Waals surface area contributed by atoms with Gasteiger partial charge < -0.3 is 5.73 Å². The minimum Gasteiger partial charge on any atom is -0.324 e. The number of hydrogen-bond donors (Lipinski definition) is 1. The zero-order valence-corrected chi connectivity index (χ0v) is 6.40. The second-order valence-corrected chi connectivity index (χ2v) is 3.01. The normalized spacial score (nSPS) is 17.2. The Hall–Kier alpha value is -0.900. The molecule has 2 N–H and O–H groups in total. The molecule has 0 atom stereocenters. The predicted octanol–water partition coefficient (Wildman–Crippen LogP) is 0.147. The summed E-state index contributed by atoms with van der Waals surface area (Å²) in [5.74, 6) is 1.74. The summed E-state index contributed by atoms with van der Waals surface area (Å²) in [4.78, 5) is 4.04. The van der Waals surface area contributed by atoms with Crippen LogP contribution in [0.1, 0.15) is 18.7 Å². The van der Waals surface area contributed by atoms with Gasteiger partial charge in [-0.25, -0.2) is 9.67 Å². The van der Waals surface area contributed by atoms with Gasteiger partial charge in [0, 0.05) is 6.54 Å². The monoisotopic (exact) mass is 152 g/mol. The van der Waals surface area contributed by atoms with E-state index < -0.39 is 0 Å². The van der Waals surface area contributed by atoms with Crippen molar-refractivity contribution in [2.75, 3.05) is 0 Å². The summed E-state index contributed by atoms with van der Waals surface area (Å²) in [6.45, 7) is 1.50. The number of hydrogen-bond acceptors (Lipinski definition) is 3. The second kappa shape index (κ2) is 2.62. The zero-order chi connectivity index (χ0) is 7.68. The second-order valence-electron chi connectivity index (χ2n) is 3.01. The number of aromatic nitrogens is 3. The summed E-state index contributed by atoms with van der Waals surface area (Å²) in [6, 6.07) is 0. The average molecular weight is 152 g/mol. The van der Waals surface area contributed by atoms with E-state index in [1.807, 2.05) is 4.68 Å². The number of nitrogens with zero attached hydrogens (tertiary/aromatic N) is 3. The topological polar surface area (TPSA) is 56.7 Å². The van der Waals surface area contributed by atoms with Gasteiger partial charge >= 0.3 is 0 Å². The van der Waals surface area contributed by atoms with E-state index in [4.69, 9.17) is 5.73 Å². The van der Waals surface area contributed by atoms with E-state index in [1.54, 1.807) is 6.33 Å². The van der Waals surface area contributed by atoms with Crippen molar-refractivity contribution < 1.29 is 0 Å². The summed E-state index contributed by atoms with van der Waals surface area (Å²) in [5, 5.41) is 4.09. The van der Waals surface area contributed by atoms with Gasteiger partial charge in [-0.15, -0.1) is 0 Å². The van der Waals surface area contributed by atoms with E-state index >= 15 is 0 Å². The molecule has 1 aromatic heterocycles. The summed E-state index contributed by atoms with van der Waals surface area (Å²) in [6.07, 6.45) is 4.25. The van der Waals surface area contributed by atoms with Crippen molar-refractivity contribution in [2.24, 2.45) is 11.7 Å². The molecule has 1 fully saturated rings. The minimum absolute atomic E-state index is 0.493. The maximum atomic E-state index is 5.47. The van der Waals surface area contributed by atoms with Crippen molar-refractivity contribution in [3.8, 4) is 0 Å². The molecule has 0 bridgehead atoms. The van der Waals surface area contributed by atoms with Gasteiger partial charge in [0.1, 0.15) is 12.2 Å². The molecule has 0 unspecified atom stereocenters. The molecule has 4 heteroatoms. The van der Waals surface area contributed by atoms with Crippen molar-refractivity contribution in [2.45, 2.75) is 25.9 Å². The third-order valence-electron chi connectivity index (χ3n) is 2.01. The van der Waals surface area contributed by atoms with Crippen LogP contribution < -0.4 is 5.73 Å². The number of nitrogens with two attached hydrogens (primary N) is 1. The van der Waals surface area contributed by atoms with Crippen molar-refractivity contribution in [3.05, 3.63) is 12.2 Å². The molecular formula is C7H12N4. The van der Waals surface area contributed by atoms with Gasteiger partial charge in [-0.1, -0.05) is 0 Å². The number of rotatable bonds is 3. The maximum Gasteiger partial charge on any atom is 0.140 e. The molecule has 1 aromatic rings. The third-order valence-corrected chi connectivity index (χ3v) is 2.01. The summed E-state index contributed by atoms with van der Waals surface area (Å²) < 4.78 is 1.91. The summed E-state index contributed by atoms with van der Waals surface area (Å²) in [7, 11) is 0. The van der Waals surface area contributed by atoms with Crippen molar-refractivity contribution in [1.29, 1.82) is 0 Å². The summed E-state index contributed by atoms with van der Waals surface area (Å²) >= 11 is 0. The van der Waals surface area contributed by atoms with Crippen LogP contribution in [0.5, 0.6) is 0 Å². The molecule has 0 saturated heterocycles. The molecule has 1 aliphatic rings. The molecule has 11 heavy (non-hydrogen) atoms. The van der Waals surface area contributed by atoms with Crippen LogP contribution in [0.2, 0.25) is 0 Å². The third kappa shape index (κ3) is 1.40. The molecule has 0 aromatic carbocycles. The van der Waals surface area contributed by atoms with Crippen LogP contribution in [-0.2, 0) is 13.1 Å². The first-order valence-electron chi connectivity index (χ1n) is 3.97. The Kier molecular flexibility index (Phi) is 1.62. The Balaban J connectivity index is 2.07. The molecule has 0 radical (unpaired) electrons. The van der Waals surface area contributed by atoms with E-state index in [2.05, 4.69) is 10.1 Å². The highest BCUT2D eigenvalue weighted by atomic mass is 15.3. The lowest BCUT2D eigenvalue weighted by molar-refractivity contribution is 0.536. The molecule has 60 valence electrons. The van der Waals surface area contributed by atoms with Crippen molar-refractivity contribution in [3.63, 3.8) is 0 Å². The van der Waals surface area contributed by atoms with Crippen LogP contribution in [0, 0.1) is 5.92 Å². The van der Waals surface area contributed by atoms with Gasteiger partial charge in [0.2, 0.25) is 0 Å². The Morgan fingerprint density at radius 3 is 3.09 bits per heavy atom. The van der Waals surface area contributed by atoms with Gasteiger partial charge in [0.15, 0.2) is 0 Å². The van der Waals surface area contributed by atoms with Gasteiger partial charge in [-0.2, -0.15) is 5.10 Å². The van der Waals surface area contributed by atoms with Crippen molar-refractivity contribution in [1.82, 2.24) is 14.8 Å². The van der Waals surface area contributed by atoms with Gasteiger partial charge in [-0.3, -0.25) is 0 Å². The van der Waals surface area contributed by atoms with Crippen LogP contribution in [0.4, 0.5) is 0 Å². The van der Waals surface area contributed by atoms with Crippen molar-refractivity contribution >= 4 is 0 Å². The highest BCUT2D eigenvalue weighted by Gasteiger charge is 2.22. The van der Waals surface area contributed by atoms with Crippen LogP contribution in [-0.4, -0.2) is 14.8 Å². The van der Waals surface area contributed by atoms with E-state index in [-0.39, 0.29) is 0 Å². The lowest BCUT2D eigenvalue weighted by Gasteiger charge is -2.00. The highest BCUT2D eigenvalue weighted by Crippen LogP contribution is 2.30. The van der Waals surface area contributed by atoms with Gasteiger partial charge in [0.25, 0.3) is 0 Å². The quantitative estimate of drug-likeness (QED) is 0.670. The molecule has 0 spiro atoms. The van der Waals surface area contributed by atoms with E-state index in [0.717, 1.165) is 18.3 Å². The molecule has 0 aliphatic heterocycles. The molecule has 4 nitrogen and oxygen atoms in total. The molecule has 1 aliphatic carbocycles. The predicted molar refractivity (Wildman–Crippen MR) is 40.6 cm³/mol. The van der Waals surface area contributed by atoms with Gasteiger partial charge in [-0.05, 0) is 18.8 Å². The first-order valence-corrected chi connectivity index (χ1v) is 3.97. The fourth-order valence-electron chi connectivity index (χ4n) is 1.14. The summed E-state index contributed by atoms with van der Waals surface area (Å²) in [5.41, 5.74) is 5.47. The SMILES string of the molecule is NCc1ncnn1CC1CC1. The van der Waals surface area contributed by atoms with E-state index in [1.165, 1.54) is 12.8 Å². The Morgan fingerprint density at radius 2 is 2.45 bits per heavy atom. The Morgan fingerprint density at radius 1 is 1.64 bits per heavy atom. The molecule has 0 amide bonds. The first-order chi connectivity index (χ1) is 5.40. The van der Waals surface area contributed by atoms with Crippen LogP contribution in [0.3, 0.4) is 0 Å². The smallest absolute Gasteiger partial charge is 0.140 e. The standard InChI is InChI=1S/C7H12N4/c8-3-7-9-5-10-11(7)4-6-1-2-6/h5-6H,1-4,8H2. The van der Waals surface area contributed by atoms with E-state index in [9.17, 15) is 0 Å². The largest absolute Gasteiger partial charge is 0.324 e. The van der Waals surface area contributed by atoms with E-state index in [0.29, 0.717) is 6.54 Å². The average Bonchev–Trinajstić information content (AvgIpc) is 2.68. The fraction of sp³-hybridized carbons (Fsp3) is 0.714. The molecular weight excluding hydrogens is 140 g/mol. The highest BCUT2D eigenvalue weighted by molar-refractivity contribution is 4.85.